The van der Waals surface area contributed by atoms with E-state index in [0.717, 1.165) is 0 Å². The van der Waals surface area contributed by atoms with Crippen LogP contribution in [0.1, 0.15) is 51.3 Å². The van der Waals surface area contributed by atoms with Gasteiger partial charge in [0.05, 0.1) is 5.60 Å². The average molecular weight is 320 g/mol. The Bertz CT molecular complexity index is 824. The topological polar surface area (TPSA) is 18.5 Å². The Morgan fingerprint density at radius 3 is 2.04 bits per heavy atom. The number of hydrogen-bond donors (Lipinski definition) is 0. The van der Waals surface area contributed by atoms with Gasteiger partial charge in [0.1, 0.15) is 5.60 Å². The zero-order valence-corrected chi connectivity index (χ0v) is 15.4. The third-order valence-electron chi connectivity index (χ3n) is 6.13. The molecular formula is C21H25BO2. The third kappa shape index (κ3) is 1.86. The van der Waals surface area contributed by atoms with Crippen LogP contribution in [0.4, 0.5) is 0 Å². The highest BCUT2D eigenvalue weighted by Gasteiger charge is 2.55. The summed E-state index contributed by atoms with van der Waals surface area (Å²) in [6.45, 7) is 13.0. The summed E-state index contributed by atoms with van der Waals surface area (Å²) in [6, 6.07) is 15.4. The first kappa shape index (κ1) is 15.9. The van der Waals surface area contributed by atoms with Crippen molar-refractivity contribution in [2.24, 2.45) is 0 Å². The zero-order valence-electron chi connectivity index (χ0n) is 15.4. The van der Waals surface area contributed by atoms with Gasteiger partial charge < -0.3 is 9.31 Å². The average Bonchev–Trinajstić information content (AvgIpc) is 2.88. The molecule has 2 aliphatic rings. The molecule has 0 radical (unpaired) electrons. The molecule has 3 heteroatoms. The van der Waals surface area contributed by atoms with Crippen LogP contribution in [0, 0.1) is 0 Å². The molecular weight excluding hydrogens is 295 g/mol. The Morgan fingerprint density at radius 2 is 1.38 bits per heavy atom. The van der Waals surface area contributed by atoms with Crippen molar-refractivity contribution in [3.05, 3.63) is 59.2 Å². The fraction of sp³-hybridized carbons (Fsp3) is 0.429. The Hall–Kier alpha value is -1.58. The van der Waals surface area contributed by atoms with Crippen LogP contribution >= 0.6 is 0 Å². The molecule has 24 heavy (non-hydrogen) atoms. The molecule has 1 heterocycles. The second kappa shape index (κ2) is 4.74. The molecule has 0 spiro atoms. The highest BCUT2D eigenvalue weighted by Crippen LogP contribution is 2.55. The van der Waals surface area contributed by atoms with Crippen LogP contribution in [0.25, 0.3) is 11.1 Å². The first-order valence-electron chi connectivity index (χ1n) is 8.78. The smallest absolute Gasteiger partial charge is 0.403 e. The van der Waals surface area contributed by atoms with E-state index in [1.807, 2.05) is 6.82 Å². The van der Waals surface area contributed by atoms with Gasteiger partial charge in [0.2, 0.25) is 0 Å². The summed E-state index contributed by atoms with van der Waals surface area (Å²) in [7, 11) is -0.203. The van der Waals surface area contributed by atoms with Crippen molar-refractivity contribution in [1.82, 2.24) is 0 Å². The van der Waals surface area contributed by atoms with E-state index in [1.165, 1.54) is 27.8 Å². The van der Waals surface area contributed by atoms with Crippen LogP contribution in [-0.2, 0) is 20.3 Å². The molecule has 124 valence electrons. The summed E-state index contributed by atoms with van der Waals surface area (Å²) < 4.78 is 12.4. The molecule has 0 bridgehead atoms. The number of hydrogen-bond acceptors (Lipinski definition) is 2. The van der Waals surface area contributed by atoms with E-state index in [0.29, 0.717) is 0 Å². The maximum Gasteiger partial charge on any atom is 0.454 e. The summed E-state index contributed by atoms with van der Waals surface area (Å²) in [4.78, 5) is 0. The molecule has 0 N–H and O–H groups in total. The maximum atomic E-state index is 6.34. The van der Waals surface area contributed by atoms with Crippen LogP contribution in [0.5, 0.6) is 0 Å². The normalized spacial score (nSPS) is 26.3. The molecule has 1 saturated heterocycles. The van der Waals surface area contributed by atoms with Crippen LogP contribution in [0.3, 0.4) is 0 Å². The first-order valence-corrected chi connectivity index (χ1v) is 8.78. The van der Waals surface area contributed by atoms with Crippen LogP contribution < -0.4 is 0 Å². The molecule has 2 aromatic carbocycles. The number of benzene rings is 2. The van der Waals surface area contributed by atoms with Crippen molar-refractivity contribution in [3.8, 4) is 11.1 Å². The molecule has 1 aliphatic heterocycles. The molecule has 0 aromatic heterocycles. The van der Waals surface area contributed by atoms with Crippen molar-refractivity contribution in [2.45, 2.75) is 58.1 Å². The molecule has 4 rings (SSSR count). The van der Waals surface area contributed by atoms with E-state index >= 15 is 0 Å². The van der Waals surface area contributed by atoms with E-state index in [4.69, 9.17) is 9.31 Å². The minimum absolute atomic E-state index is 0.00746. The van der Waals surface area contributed by atoms with E-state index in [-0.39, 0.29) is 18.1 Å². The monoisotopic (exact) mass is 320 g/mol. The second-order valence-corrected chi connectivity index (χ2v) is 8.25. The van der Waals surface area contributed by atoms with Gasteiger partial charge in [-0.1, -0.05) is 56.3 Å². The summed E-state index contributed by atoms with van der Waals surface area (Å²) in [6.07, 6.45) is 0. The van der Waals surface area contributed by atoms with Crippen molar-refractivity contribution in [2.75, 3.05) is 0 Å². The maximum absolute atomic E-state index is 6.34. The van der Waals surface area contributed by atoms with E-state index in [9.17, 15) is 0 Å². The molecule has 1 aliphatic carbocycles. The lowest BCUT2D eigenvalue weighted by atomic mass is 9.76. The van der Waals surface area contributed by atoms with Gasteiger partial charge in [-0.05, 0) is 55.4 Å². The Morgan fingerprint density at radius 1 is 0.750 bits per heavy atom. The van der Waals surface area contributed by atoms with Crippen molar-refractivity contribution in [1.29, 1.82) is 0 Å². The van der Waals surface area contributed by atoms with Gasteiger partial charge in [-0.3, -0.25) is 0 Å². The van der Waals surface area contributed by atoms with Crippen molar-refractivity contribution < 1.29 is 9.31 Å². The Labute approximate surface area is 145 Å². The quantitative estimate of drug-likeness (QED) is 0.676. The fourth-order valence-electron chi connectivity index (χ4n) is 4.57. The number of rotatable bonds is 1. The lowest BCUT2D eigenvalue weighted by molar-refractivity contribution is -0.0129. The summed E-state index contributed by atoms with van der Waals surface area (Å²) in [5, 5.41) is 0. The third-order valence-corrected chi connectivity index (χ3v) is 6.13. The van der Waals surface area contributed by atoms with Gasteiger partial charge in [0.25, 0.3) is 0 Å². The van der Waals surface area contributed by atoms with Crippen LogP contribution in [0.15, 0.2) is 42.5 Å². The largest absolute Gasteiger partial charge is 0.454 e. The molecule has 0 amide bonds. The van der Waals surface area contributed by atoms with Gasteiger partial charge in [0, 0.05) is 5.41 Å². The van der Waals surface area contributed by atoms with E-state index < -0.39 is 5.60 Å². The van der Waals surface area contributed by atoms with Crippen molar-refractivity contribution >= 4 is 7.12 Å². The Kier molecular flexibility index (Phi) is 3.14. The molecule has 1 unspecified atom stereocenters. The van der Waals surface area contributed by atoms with Gasteiger partial charge >= 0.3 is 7.12 Å². The number of fused-ring (bicyclic) bond motifs is 3. The molecule has 1 atom stereocenters. The predicted molar refractivity (Wildman–Crippen MR) is 99.2 cm³/mol. The molecule has 0 saturated carbocycles. The van der Waals surface area contributed by atoms with Gasteiger partial charge in [-0.25, -0.2) is 0 Å². The van der Waals surface area contributed by atoms with Gasteiger partial charge in [0.15, 0.2) is 0 Å². The minimum Gasteiger partial charge on any atom is -0.403 e. The highest BCUT2D eigenvalue weighted by atomic mass is 16.7. The van der Waals surface area contributed by atoms with Crippen molar-refractivity contribution in [3.63, 3.8) is 0 Å². The van der Waals surface area contributed by atoms with Gasteiger partial charge in [-0.2, -0.15) is 0 Å². The summed E-state index contributed by atoms with van der Waals surface area (Å²) >= 11 is 0. The molecule has 2 aromatic rings. The molecule has 2 nitrogen and oxygen atoms in total. The van der Waals surface area contributed by atoms with Crippen LogP contribution in [-0.4, -0.2) is 12.7 Å². The lowest BCUT2D eigenvalue weighted by Gasteiger charge is -2.38. The SMILES string of the molecule is CB1OC(C)(C)C(C)(c2cccc3c2-c2ccccc2C3(C)C)O1. The molecule has 1 fully saturated rings. The Balaban J connectivity index is 2.03. The lowest BCUT2D eigenvalue weighted by Crippen LogP contribution is -2.42. The minimum atomic E-state index is -0.481. The highest BCUT2D eigenvalue weighted by molar-refractivity contribution is 6.43. The van der Waals surface area contributed by atoms with Gasteiger partial charge in [-0.15, -0.1) is 0 Å². The van der Waals surface area contributed by atoms with E-state index in [2.05, 4.69) is 77.1 Å². The fourth-order valence-corrected chi connectivity index (χ4v) is 4.57. The zero-order chi connectivity index (χ0) is 17.3. The summed E-state index contributed by atoms with van der Waals surface area (Å²) in [5.74, 6) is 0. The second-order valence-electron chi connectivity index (χ2n) is 8.25. The predicted octanol–water partition coefficient (Wildman–Crippen LogP) is 5.15. The first-order chi connectivity index (χ1) is 11.2. The summed E-state index contributed by atoms with van der Waals surface area (Å²) in [5.41, 5.74) is 5.79. The standard InChI is InChI=1S/C21H25BO2/c1-19(2)15-11-8-7-10-14(15)18-16(19)12-9-13-17(18)21(5)20(3,4)23-22(6)24-21/h7-13H,1-6H3. The van der Waals surface area contributed by atoms with Crippen LogP contribution in [0.2, 0.25) is 6.82 Å². The van der Waals surface area contributed by atoms with E-state index in [1.54, 1.807) is 0 Å².